The quantitative estimate of drug-likeness (QED) is 0.386. The van der Waals surface area contributed by atoms with E-state index < -0.39 is 17.9 Å². The smallest absolute Gasteiger partial charge is 0.288 e. The van der Waals surface area contributed by atoms with Crippen LogP contribution in [-0.2, 0) is 4.79 Å². The lowest BCUT2D eigenvalue weighted by Gasteiger charge is -2.15. The number of halogens is 5. The van der Waals surface area contributed by atoms with Crippen molar-refractivity contribution in [3.05, 3.63) is 12.2 Å². The molecule has 7 heteroatoms. The van der Waals surface area contributed by atoms with Gasteiger partial charge >= 0.3 is 12.1 Å². The molecule has 0 aliphatic heterocycles. The van der Waals surface area contributed by atoms with Crippen LogP contribution in [0.5, 0.6) is 0 Å². The standard InChI is InChI=1S/C6H2F5NO/c7-5(8,6(9,10)11)4(13)2-1-3-12/h1-2H/b2-1+. The fourth-order valence-electron chi connectivity index (χ4n) is 0.357. The number of hydrogen-bond acceptors (Lipinski definition) is 2. The van der Waals surface area contributed by atoms with Crippen molar-refractivity contribution in [2.45, 2.75) is 12.1 Å². The zero-order chi connectivity index (χ0) is 10.7. The number of ketones is 1. The predicted octanol–water partition coefficient (Wildman–Crippen LogP) is 1.83. The number of alkyl halides is 5. The van der Waals surface area contributed by atoms with Crippen molar-refractivity contribution in [3.8, 4) is 6.07 Å². The van der Waals surface area contributed by atoms with Gasteiger partial charge in [0.25, 0.3) is 0 Å². The minimum absolute atomic E-state index is 0.118. The van der Waals surface area contributed by atoms with Gasteiger partial charge in [-0.05, 0) is 6.08 Å². The summed E-state index contributed by atoms with van der Waals surface area (Å²) in [5, 5.41) is 7.77. The van der Waals surface area contributed by atoms with Crippen molar-refractivity contribution in [1.82, 2.24) is 0 Å². The molecular formula is C6H2F5NO. The molecule has 2 nitrogen and oxygen atoms in total. The fraction of sp³-hybridized carbons (Fsp3) is 0.333. The van der Waals surface area contributed by atoms with Crippen LogP contribution in [0.1, 0.15) is 0 Å². The molecule has 0 spiro atoms. The third kappa shape index (κ3) is 2.50. The molecule has 0 rings (SSSR count). The molecule has 0 aromatic rings. The van der Waals surface area contributed by atoms with Crippen LogP contribution in [-0.4, -0.2) is 17.9 Å². The molecule has 0 fully saturated rings. The Morgan fingerprint density at radius 1 is 1.23 bits per heavy atom. The summed E-state index contributed by atoms with van der Waals surface area (Å²) in [4.78, 5) is 10.2. The Bertz CT molecular complexity index is 272. The molecular weight excluding hydrogens is 197 g/mol. The highest BCUT2D eigenvalue weighted by atomic mass is 19.4. The lowest BCUT2D eigenvalue weighted by Crippen LogP contribution is -2.43. The summed E-state index contributed by atoms with van der Waals surface area (Å²) in [6, 6.07) is 1.12. The van der Waals surface area contributed by atoms with E-state index >= 15 is 0 Å². The maximum absolute atomic E-state index is 12.0. The molecule has 0 amide bonds. The number of rotatable bonds is 2. The Morgan fingerprint density at radius 2 is 1.69 bits per heavy atom. The highest BCUT2D eigenvalue weighted by Gasteiger charge is 2.62. The van der Waals surface area contributed by atoms with Crippen LogP contribution in [0.15, 0.2) is 12.2 Å². The zero-order valence-corrected chi connectivity index (χ0v) is 5.90. The monoisotopic (exact) mass is 199 g/mol. The van der Waals surface area contributed by atoms with E-state index in [9.17, 15) is 26.7 Å². The van der Waals surface area contributed by atoms with E-state index in [-0.39, 0.29) is 12.2 Å². The molecule has 0 radical (unpaired) electrons. The number of carbonyl (C=O) groups is 1. The van der Waals surface area contributed by atoms with Gasteiger partial charge in [0, 0.05) is 6.08 Å². The van der Waals surface area contributed by atoms with Gasteiger partial charge in [-0.1, -0.05) is 0 Å². The maximum atomic E-state index is 12.0. The van der Waals surface area contributed by atoms with E-state index in [1.54, 1.807) is 0 Å². The maximum Gasteiger partial charge on any atom is 0.461 e. The zero-order valence-electron chi connectivity index (χ0n) is 5.90. The minimum atomic E-state index is -5.93. The number of hydrogen-bond donors (Lipinski definition) is 0. The summed E-state index contributed by atoms with van der Waals surface area (Å²) in [7, 11) is 0. The molecule has 0 unspecified atom stereocenters. The third-order valence-electron chi connectivity index (χ3n) is 0.975. The predicted molar refractivity (Wildman–Crippen MR) is 30.8 cm³/mol. The van der Waals surface area contributed by atoms with E-state index in [0.29, 0.717) is 0 Å². The number of nitriles is 1. The fourth-order valence-corrected chi connectivity index (χ4v) is 0.357. The largest absolute Gasteiger partial charge is 0.461 e. The van der Waals surface area contributed by atoms with Gasteiger partial charge in [0.1, 0.15) is 0 Å². The molecule has 0 aliphatic carbocycles. The summed E-state index contributed by atoms with van der Waals surface area (Å²) < 4.78 is 58.3. The second-order valence-corrected chi connectivity index (χ2v) is 1.90. The van der Waals surface area contributed by atoms with Crippen LogP contribution in [0.4, 0.5) is 22.0 Å². The second kappa shape index (κ2) is 3.51. The van der Waals surface area contributed by atoms with Crippen LogP contribution in [0.25, 0.3) is 0 Å². The Balaban J connectivity index is 4.78. The molecule has 0 aromatic carbocycles. The Kier molecular flexibility index (Phi) is 3.12. The van der Waals surface area contributed by atoms with Gasteiger partial charge in [0.15, 0.2) is 0 Å². The summed E-state index contributed by atoms with van der Waals surface area (Å²) in [6.07, 6.45) is -5.79. The lowest BCUT2D eigenvalue weighted by molar-refractivity contribution is -0.266. The van der Waals surface area contributed by atoms with Crippen LogP contribution < -0.4 is 0 Å². The van der Waals surface area contributed by atoms with Crippen molar-refractivity contribution >= 4 is 5.78 Å². The Morgan fingerprint density at radius 3 is 2.00 bits per heavy atom. The first kappa shape index (κ1) is 11.5. The van der Waals surface area contributed by atoms with Crippen molar-refractivity contribution in [1.29, 1.82) is 5.26 Å². The van der Waals surface area contributed by atoms with Crippen molar-refractivity contribution in [3.63, 3.8) is 0 Å². The normalized spacial score (nSPS) is 12.9. The van der Waals surface area contributed by atoms with Crippen molar-refractivity contribution in [2.75, 3.05) is 0 Å². The van der Waals surface area contributed by atoms with Gasteiger partial charge in [0.2, 0.25) is 5.78 Å². The van der Waals surface area contributed by atoms with Crippen LogP contribution in [0.2, 0.25) is 0 Å². The molecule has 0 aliphatic rings. The number of allylic oxidation sites excluding steroid dienone is 2. The topological polar surface area (TPSA) is 40.9 Å². The molecule has 0 saturated heterocycles. The minimum Gasteiger partial charge on any atom is -0.288 e. The van der Waals surface area contributed by atoms with Crippen molar-refractivity contribution < 1.29 is 26.7 Å². The summed E-state index contributed by atoms with van der Waals surface area (Å²) in [6.45, 7) is 0. The van der Waals surface area contributed by atoms with Gasteiger partial charge in [-0.25, -0.2) is 0 Å². The van der Waals surface area contributed by atoms with E-state index in [0.717, 1.165) is 6.07 Å². The summed E-state index contributed by atoms with van der Waals surface area (Å²) in [5.74, 6) is -7.89. The first-order valence-corrected chi connectivity index (χ1v) is 2.78. The van der Waals surface area contributed by atoms with Crippen LogP contribution in [0.3, 0.4) is 0 Å². The molecule has 0 atom stereocenters. The molecule has 13 heavy (non-hydrogen) atoms. The van der Waals surface area contributed by atoms with Gasteiger partial charge in [-0.15, -0.1) is 0 Å². The average molecular weight is 199 g/mol. The van der Waals surface area contributed by atoms with Crippen LogP contribution >= 0.6 is 0 Å². The highest BCUT2D eigenvalue weighted by Crippen LogP contribution is 2.36. The summed E-state index contributed by atoms with van der Waals surface area (Å²) in [5.41, 5.74) is 0. The average Bonchev–Trinajstić information content (AvgIpc) is 1.97. The summed E-state index contributed by atoms with van der Waals surface area (Å²) >= 11 is 0. The first-order valence-electron chi connectivity index (χ1n) is 2.78. The Hall–Kier alpha value is -1.45. The second-order valence-electron chi connectivity index (χ2n) is 1.90. The molecule has 0 aromatic heterocycles. The van der Waals surface area contributed by atoms with Gasteiger partial charge in [-0.3, -0.25) is 4.79 Å². The first-order chi connectivity index (χ1) is 5.73. The van der Waals surface area contributed by atoms with Gasteiger partial charge in [-0.2, -0.15) is 27.2 Å². The molecule has 0 saturated carbocycles. The van der Waals surface area contributed by atoms with E-state index in [1.165, 1.54) is 0 Å². The number of carbonyl (C=O) groups excluding carboxylic acids is 1. The third-order valence-corrected chi connectivity index (χ3v) is 0.975. The molecule has 0 heterocycles. The van der Waals surface area contributed by atoms with Crippen molar-refractivity contribution in [2.24, 2.45) is 0 Å². The van der Waals surface area contributed by atoms with Gasteiger partial charge in [0.05, 0.1) is 6.07 Å². The SMILES string of the molecule is N#C/C=C/C(=O)C(F)(F)C(F)(F)F. The number of nitrogens with zero attached hydrogens (tertiary/aromatic N) is 1. The highest BCUT2D eigenvalue weighted by molar-refractivity contribution is 5.96. The van der Waals surface area contributed by atoms with Gasteiger partial charge < -0.3 is 0 Å². The lowest BCUT2D eigenvalue weighted by atomic mass is 10.2. The van der Waals surface area contributed by atoms with E-state index in [4.69, 9.17) is 5.26 Å². The van der Waals surface area contributed by atoms with Crippen LogP contribution in [0, 0.1) is 11.3 Å². The van der Waals surface area contributed by atoms with E-state index in [1.807, 2.05) is 0 Å². The Labute approximate surface area is 69.3 Å². The van der Waals surface area contributed by atoms with E-state index in [2.05, 4.69) is 0 Å². The molecule has 72 valence electrons. The molecule has 0 N–H and O–H groups in total. The molecule has 0 bridgehead atoms.